The van der Waals surface area contributed by atoms with E-state index < -0.39 is 5.41 Å². The molecule has 1 nitrogen and oxygen atoms in total. The Hall–Kier alpha value is -1.08. The maximum absolute atomic E-state index is 11.7. The molecule has 14 heavy (non-hydrogen) atoms. The third-order valence-corrected chi connectivity index (χ3v) is 2.45. The van der Waals surface area contributed by atoms with E-state index in [0.717, 1.165) is 5.56 Å². The largest absolute Gasteiger partial charge is 0.294 e. The SMILES string of the molecule is CC(C)(C(=O)/C=C/Cl)c1ccccc1. The zero-order chi connectivity index (χ0) is 10.6. The predicted octanol–water partition coefficient (Wildman–Crippen LogP) is 3.29. The van der Waals surface area contributed by atoms with Crippen molar-refractivity contribution in [2.24, 2.45) is 0 Å². The van der Waals surface area contributed by atoms with E-state index >= 15 is 0 Å². The van der Waals surface area contributed by atoms with Crippen LogP contribution in [0.1, 0.15) is 19.4 Å². The first-order valence-corrected chi connectivity index (χ1v) is 4.89. The molecule has 1 rings (SSSR count). The Morgan fingerprint density at radius 1 is 1.29 bits per heavy atom. The molecule has 1 aromatic carbocycles. The van der Waals surface area contributed by atoms with Gasteiger partial charge in [-0.2, -0.15) is 0 Å². The summed E-state index contributed by atoms with van der Waals surface area (Å²) in [7, 11) is 0. The Kier molecular flexibility index (Phi) is 3.48. The van der Waals surface area contributed by atoms with Crippen LogP contribution < -0.4 is 0 Å². The van der Waals surface area contributed by atoms with E-state index in [0.29, 0.717) is 0 Å². The van der Waals surface area contributed by atoms with Crippen molar-refractivity contribution in [3.8, 4) is 0 Å². The molecule has 0 aromatic heterocycles. The number of carbonyl (C=O) groups is 1. The molecule has 0 bridgehead atoms. The average Bonchev–Trinajstić information content (AvgIpc) is 2.19. The molecule has 0 spiro atoms. The van der Waals surface area contributed by atoms with Crippen LogP contribution in [-0.2, 0) is 10.2 Å². The van der Waals surface area contributed by atoms with Crippen LogP contribution in [0.4, 0.5) is 0 Å². The van der Waals surface area contributed by atoms with E-state index in [1.54, 1.807) is 0 Å². The molecule has 0 saturated carbocycles. The molecule has 74 valence electrons. The summed E-state index contributed by atoms with van der Waals surface area (Å²) in [6, 6.07) is 9.67. The number of allylic oxidation sites excluding steroid dienone is 1. The molecule has 2 heteroatoms. The Morgan fingerprint density at radius 3 is 2.36 bits per heavy atom. The fraction of sp³-hybridized carbons (Fsp3) is 0.250. The summed E-state index contributed by atoms with van der Waals surface area (Å²) >= 11 is 5.39. The van der Waals surface area contributed by atoms with Gasteiger partial charge in [0.25, 0.3) is 0 Å². The van der Waals surface area contributed by atoms with Gasteiger partial charge in [0, 0.05) is 5.54 Å². The first kappa shape index (κ1) is 11.0. The summed E-state index contributed by atoms with van der Waals surface area (Å²) in [4.78, 5) is 11.7. The van der Waals surface area contributed by atoms with Gasteiger partial charge < -0.3 is 0 Å². The molecular weight excluding hydrogens is 196 g/mol. The van der Waals surface area contributed by atoms with Crippen LogP contribution in [0.3, 0.4) is 0 Å². The highest BCUT2D eigenvalue weighted by atomic mass is 35.5. The van der Waals surface area contributed by atoms with Crippen LogP contribution in [0.2, 0.25) is 0 Å². The van der Waals surface area contributed by atoms with E-state index in [4.69, 9.17) is 11.6 Å². The minimum Gasteiger partial charge on any atom is -0.294 e. The quantitative estimate of drug-likeness (QED) is 0.697. The lowest BCUT2D eigenvalue weighted by atomic mass is 9.81. The van der Waals surface area contributed by atoms with Gasteiger partial charge in [0.2, 0.25) is 0 Å². The topological polar surface area (TPSA) is 17.1 Å². The van der Waals surface area contributed by atoms with Crippen LogP contribution in [0, 0.1) is 0 Å². The van der Waals surface area contributed by atoms with Crippen LogP contribution in [0.5, 0.6) is 0 Å². The van der Waals surface area contributed by atoms with E-state index in [9.17, 15) is 4.79 Å². The average molecular weight is 209 g/mol. The number of hydrogen-bond donors (Lipinski definition) is 0. The van der Waals surface area contributed by atoms with Gasteiger partial charge in [-0.05, 0) is 25.5 Å². The molecule has 0 fully saturated rings. The number of halogens is 1. The highest BCUT2D eigenvalue weighted by Crippen LogP contribution is 2.24. The molecule has 0 heterocycles. The maximum Gasteiger partial charge on any atom is 0.166 e. The van der Waals surface area contributed by atoms with Crippen LogP contribution in [-0.4, -0.2) is 5.78 Å². The number of rotatable bonds is 3. The van der Waals surface area contributed by atoms with Crippen LogP contribution in [0.25, 0.3) is 0 Å². The highest BCUT2D eigenvalue weighted by molar-refractivity contribution is 6.27. The fourth-order valence-corrected chi connectivity index (χ4v) is 1.38. The van der Waals surface area contributed by atoms with Crippen molar-refractivity contribution >= 4 is 17.4 Å². The first-order valence-electron chi connectivity index (χ1n) is 4.46. The number of ketones is 1. The van der Waals surface area contributed by atoms with E-state index in [1.807, 2.05) is 44.2 Å². The maximum atomic E-state index is 11.7. The second-order valence-electron chi connectivity index (χ2n) is 3.65. The number of hydrogen-bond acceptors (Lipinski definition) is 1. The fourth-order valence-electron chi connectivity index (χ4n) is 1.26. The van der Waals surface area contributed by atoms with Gasteiger partial charge in [0.15, 0.2) is 5.78 Å². The Bertz CT molecular complexity index is 339. The van der Waals surface area contributed by atoms with Gasteiger partial charge in [-0.15, -0.1) is 0 Å². The van der Waals surface area contributed by atoms with Gasteiger partial charge in [-0.3, -0.25) is 4.79 Å². The van der Waals surface area contributed by atoms with Crippen molar-refractivity contribution in [2.45, 2.75) is 19.3 Å². The second kappa shape index (κ2) is 4.43. The number of benzene rings is 1. The summed E-state index contributed by atoms with van der Waals surface area (Å²) < 4.78 is 0. The van der Waals surface area contributed by atoms with Crippen molar-refractivity contribution < 1.29 is 4.79 Å². The summed E-state index contributed by atoms with van der Waals surface area (Å²) in [5, 5.41) is 0. The lowest BCUT2D eigenvalue weighted by Crippen LogP contribution is -2.27. The van der Waals surface area contributed by atoms with Crippen LogP contribution >= 0.6 is 11.6 Å². The Labute approximate surface area is 89.4 Å². The molecule has 0 aliphatic heterocycles. The molecule has 1 aromatic rings. The second-order valence-corrected chi connectivity index (χ2v) is 3.90. The van der Waals surface area contributed by atoms with Gasteiger partial charge >= 0.3 is 0 Å². The third-order valence-electron chi connectivity index (χ3n) is 2.33. The smallest absolute Gasteiger partial charge is 0.166 e. The zero-order valence-electron chi connectivity index (χ0n) is 8.33. The first-order chi connectivity index (χ1) is 6.59. The van der Waals surface area contributed by atoms with Gasteiger partial charge in [-0.1, -0.05) is 41.9 Å². The lowest BCUT2D eigenvalue weighted by molar-refractivity contribution is -0.118. The van der Waals surface area contributed by atoms with Gasteiger partial charge in [-0.25, -0.2) is 0 Å². The summed E-state index contributed by atoms with van der Waals surface area (Å²) in [6.07, 6.45) is 1.40. The van der Waals surface area contributed by atoms with Gasteiger partial charge in [0.1, 0.15) is 0 Å². The highest BCUT2D eigenvalue weighted by Gasteiger charge is 2.26. The molecule has 0 unspecified atom stereocenters. The standard InChI is InChI=1S/C12H13ClO/c1-12(2,11(14)8-9-13)10-6-4-3-5-7-10/h3-9H,1-2H3/b9-8+. The monoisotopic (exact) mass is 208 g/mol. The minimum absolute atomic E-state index is 0.0127. The van der Waals surface area contributed by atoms with Crippen molar-refractivity contribution in [3.05, 3.63) is 47.5 Å². The minimum atomic E-state index is -0.507. The summed E-state index contributed by atoms with van der Waals surface area (Å²) in [6.45, 7) is 3.78. The zero-order valence-corrected chi connectivity index (χ0v) is 9.08. The van der Waals surface area contributed by atoms with Crippen LogP contribution in [0.15, 0.2) is 41.9 Å². The lowest BCUT2D eigenvalue weighted by Gasteiger charge is -2.21. The molecule has 0 N–H and O–H groups in total. The van der Waals surface area contributed by atoms with Crippen molar-refractivity contribution in [3.63, 3.8) is 0 Å². The molecular formula is C12H13ClO. The normalized spacial score (nSPS) is 11.9. The summed E-state index contributed by atoms with van der Waals surface area (Å²) in [5.74, 6) is 0.0127. The van der Waals surface area contributed by atoms with E-state index in [1.165, 1.54) is 11.6 Å². The molecule has 0 atom stereocenters. The Morgan fingerprint density at radius 2 is 1.86 bits per heavy atom. The summed E-state index contributed by atoms with van der Waals surface area (Å²) in [5.41, 5.74) is 1.75. The van der Waals surface area contributed by atoms with E-state index in [2.05, 4.69) is 0 Å². The van der Waals surface area contributed by atoms with Crippen molar-refractivity contribution in [1.82, 2.24) is 0 Å². The predicted molar refractivity (Wildman–Crippen MR) is 59.5 cm³/mol. The van der Waals surface area contributed by atoms with E-state index in [-0.39, 0.29) is 5.78 Å². The van der Waals surface area contributed by atoms with Crippen molar-refractivity contribution in [1.29, 1.82) is 0 Å². The molecule has 0 radical (unpaired) electrons. The molecule has 0 amide bonds. The molecule has 0 saturated heterocycles. The van der Waals surface area contributed by atoms with Gasteiger partial charge in [0.05, 0.1) is 5.41 Å². The molecule has 0 aliphatic carbocycles. The number of carbonyl (C=O) groups excluding carboxylic acids is 1. The Balaban J connectivity index is 3.02. The van der Waals surface area contributed by atoms with Crippen molar-refractivity contribution in [2.75, 3.05) is 0 Å². The third kappa shape index (κ3) is 2.24. The molecule has 0 aliphatic rings.